The van der Waals surface area contributed by atoms with E-state index in [2.05, 4.69) is 0 Å². The number of nitrogen functional groups attached to an aromatic ring is 1. The van der Waals surface area contributed by atoms with Gasteiger partial charge in [-0.3, -0.25) is 4.79 Å². The first-order valence-electron chi connectivity index (χ1n) is 7.33. The zero-order chi connectivity index (χ0) is 16.1. The average Bonchev–Trinajstić information content (AvgIpc) is 2.53. The second-order valence-electron chi connectivity index (χ2n) is 5.43. The van der Waals surface area contributed by atoms with Crippen LogP contribution in [-0.2, 0) is 11.2 Å². The van der Waals surface area contributed by atoms with Gasteiger partial charge in [-0.15, -0.1) is 12.4 Å². The fourth-order valence-electron chi connectivity index (χ4n) is 2.36. The van der Waals surface area contributed by atoms with Gasteiger partial charge in [-0.05, 0) is 42.7 Å². The molecule has 0 saturated heterocycles. The Bertz CT molecular complexity index is 646. The maximum Gasteiger partial charge on any atom is 0.223 e. The molecular weight excluding hydrogens is 315 g/mol. The molecule has 0 bridgehead atoms. The summed E-state index contributed by atoms with van der Waals surface area (Å²) < 4.78 is 13.0. The lowest BCUT2D eigenvalue weighted by Crippen LogP contribution is -2.29. The minimum Gasteiger partial charge on any atom is -0.399 e. The molecular formula is C18H22ClFN2O. The lowest BCUT2D eigenvalue weighted by Gasteiger charge is -2.25. The second kappa shape index (κ2) is 8.53. The average molecular weight is 337 g/mol. The van der Waals surface area contributed by atoms with Gasteiger partial charge in [-0.25, -0.2) is 4.39 Å². The topological polar surface area (TPSA) is 46.3 Å². The van der Waals surface area contributed by atoms with Crippen LogP contribution in [-0.4, -0.2) is 17.9 Å². The van der Waals surface area contributed by atoms with Gasteiger partial charge in [-0.1, -0.05) is 30.3 Å². The third-order valence-corrected chi connectivity index (χ3v) is 3.99. The second-order valence-corrected chi connectivity index (χ2v) is 5.43. The molecule has 2 N–H and O–H groups in total. The number of rotatable bonds is 5. The van der Waals surface area contributed by atoms with Crippen molar-refractivity contribution in [2.45, 2.75) is 25.8 Å². The van der Waals surface area contributed by atoms with Crippen LogP contribution >= 0.6 is 12.4 Å². The smallest absolute Gasteiger partial charge is 0.223 e. The number of hydrogen-bond acceptors (Lipinski definition) is 2. The standard InChI is InChI=1S/C18H21FN2O.ClH/c1-13(14-7-10-16(19)11-8-14)21(2)18(22)12-9-15-5-3-4-6-17(15)20;/h3-8,10-11,13H,9,12,20H2,1-2H3;1H. The van der Waals surface area contributed by atoms with Crippen molar-refractivity contribution < 1.29 is 9.18 Å². The quantitative estimate of drug-likeness (QED) is 0.839. The predicted molar refractivity (Wildman–Crippen MR) is 94.0 cm³/mol. The third kappa shape index (κ3) is 4.96. The normalized spacial score (nSPS) is 11.4. The van der Waals surface area contributed by atoms with Gasteiger partial charge >= 0.3 is 0 Å². The van der Waals surface area contributed by atoms with E-state index in [0.29, 0.717) is 18.5 Å². The third-order valence-electron chi connectivity index (χ3n) is 3.99. The maximum absolute atomic E-state index is 13.0. The highest BCUT2D eigenvalue weighted by Gasteiger charge is 2.17. The van der Waals surface area contributed by atoms with E-state index < -0.39 is 0 Å². The van der Waals surface area contributed by atoms with E-state index in [-0.39, 0.29) is 30.2 Å². The summed E-state index contributed by atoms with van der Waals surface area (Å²) in [6.45, 7) is 1.93. The molecule has 124 valence electrons. The molecule has 0 saturated carbocycles. The summed E-state index contributed by atoms with van der Waals surface area (Å²) in [6.07, 6.45) is 1.02. The summed E-state index contributed by atoms with van der Waals surface area (Å²) in [7, 11) is 1.77. The Kier molecular flexibility index (Phi) is 7.04. The number of aryl methyl sites for hydroxylation is 1. The van der Waals surface area contributed by atoms with Gasteiger partial charge in [0.1, 0.15) is 5.82 Å². The van der Waals surface area contributed by atoms with Crippen molar-refractivity contribution in [1.82, 2.24) is 4.90 Å². The van der Waals surface area contributed by atoms with Gasteiger partial charge in [0.2, 0.25) is 5.91 Å². The zero-order valence-electron chi connectivity index (χ0n) is 13.3. The first-order valence-corrected chi connectivity index (χ1v) is 7.33. The van der Waals surface area contributed by atoms with Crippen LogP contribution in [0, 0.1) is 5.82 Å². The first kappa shape index (κ1) is 19.0. The van der Waals surface area contributed by atoms with Crippen molar-refractivity contribution in [3.05, 3.63) is 65.5 Å². The molecule has 2 aromatic rings. The SMILES string of the molecule is CC(c1ccc(F)cc1)N(C)C(=O)CCc1ccccc1N.Cl. The molecule has 0 aliphatic heterocycles. The molecule has 1 atom stereocenters. The predicted octanol–water partition coefficient (Wildman–Crippen LogP) is 3.98. The van der Waals surface area contributed by atoms with Crippen LogP contribution in [0.1, 0.15) is 30.5 Å². The fourth-order valence-corrected chi connectivity index (χ4v) is 2.36. The van der Waals surface area contributed by atoms with E-state index in [9.17, 15) is 9.18 Å². The number of hydrogen-bond donors (Lipinski definition) is 1. The molecule has 2 aromatic carbocycles. The molecule has 0 aliphatic carbocycles. The summed E-state index contributed by atoms with van der Waals surface area (Å²) in [4.78, 5) is 14.0. The Morgan fingerprint density at radius 2 is 1.78 bits per heavy atom. The summed E-state index contributed by atoms with van der Waals surface area (Å²) in [5.41, 5.74) is 8.50. The Balaban J connectivity index is 0.00000264. The maximum atomic E-state index is 13.0. The van der Waals surface area contributed by atoms with Crippen LogP contribution in [0.25, 0.3) is 0 Å². The Morgan fingerprint density at radius 3 is 2.39 bits per heavy atom. The molecule has 0 aliphatic rings. The summed E-state index contributed by atoms with van der Waals surface area (Å²) >= 11 is 0. The molecule has 0 radical (unpaired) electrons. The lowest BCUT2D eigenvalue weighted by atomic mass is 10.0. The molecule has 0 fully saturated rings. The molecule has 1 amide bonds. The van der Waals surface area contributed by atoms with Gasteiger partial charge in [0.05, 0.1) is 6.04 Å². The molecule has 3 nitrogen and oxygen atoms in total. The number of nitrogens with zero attached hydrogens (tertiary/aromatic N) is 1. The highest BCUT2D eigenvalue weighted by atomic mass is 35.5. The Labute approximate surface area is 142 Å². The number of carbonyl (C=O) groups is 1. The molecule has 0 heterocycles. The molecule has 2 rings (SSSR count). The molecule has 0 aromatic heterocycles. The number of carbonyl (C=O) groups excluding carboxylic acids is 1. The molecule has 23 heavy (non-hydrogen) atoms. The minimum absolute atomic E-state index is 0. The summed E-state index contributed by atoms with van der Waals surface area (Å²) in [5, 5.41) is 0. The van der Waals surface area contributed by atoms with E-state index >= 15 is 0 Å². The van der Waals surface area contributed by atoms with Gasteiger partial charge in [-0.2, -0.15) is 0 Å². The largest absolute Gasteiger partial charge is 0.399 e. The number of amides is 1. The number of anilines is 1. The van der Waals surface area contributed by atoms with Crippen LogP contribution < -0.4 is 5.73 Å². The Morgan fingerprint density at radius 1 is 1.17 bits per heavy atom. The van der Waals surface area contributed by atoms with Crippen LogP contribution in [0.15, 0.2) is 48.5 Å². The van der Waals surface area contributed by atoms with E-state index in [1.807, 2.05) is 31.2 Å². The van der Waals surface area contributed by atoms with Gasteiger partial charge < -0.3 is 10.6 Å². The molecule has 0 spiro atoms. The van der Waals surface area contributed by atoms with Gasteiger partial charge in [0.15, 0.2) is 0 Å². The highest BCUT2D eigenvalue weighted by Crippen LogP contribution is 2.21. The van der Waals surface area contributed by atoms with E-state index in [0.717, 1.165) is 11.1 Å². The summed E-state index contributed by atoms with van der Waals surface area (Å²) in [5.74, 6) is -0.232. The highest BCUT2D eigenvalue weighted by molar-refractivity contribution is 5.85. The number of benzene rings is 2. The zero-order valence-corrected chi connectivity index (χ0v) is 14.1. The summed E-state index contributed by atoms with van der Waals surface area (Å²) in [6, 6.07) is 13.7. The first-order chi connectivity index (χ1) is 10.5. The van der Waals surface area contributed by atoms with Crippen LogP contribution in [0.2, 0.25) is 0 Å². The Hall–Kier alpha value is -2.07. The number of para-hydroxylation sites is 1. The number of nitrogens with two attached hydrogens (primary N) is 1. The van der Waals surface area contributed by atoms with Crippen LogP contribution in [0.5, 0.6) is 0 Å². The van der Waals surface area contributed by atoms with E-state index in [1.165, 1.54) is 12.1 Å². The molecule has 1 unspecified atom stereocenters. The van der Waals surface area contributed by atoms with Crippen molar-refractivity contribution in [3.63, 3.8) is 0 Å². The number of halogens is 2. The van der Waals surface area contributed by atoms with Crippen molar-refractivity contribution >= 4 is 24.0 Å². The van der Waals surface area contributed by atoms with Gasteiger partial charge in [0.25, 0.3) is 0 Å². The monoisotopic (exact) mass is 336 g/mol. The van der Waals surface area contributed by atoms with E-state index in [4.69, 9.17) is 5.73 Å². The van der Waals surface area contributed by atoms with Crippen molar-refractivity contribution in [3.8, 4) is 0 Å². The van der Waals surface area contributed by atoms with Crippen molar-refractivity contribution in [1.29, 1.82) is 0 Å². The van der Waals surface area contributed by atoms with Gasteiger partial charge in [0, 0.05) is 19.2 Å². The van der Waals surface area contributed by atoms with Crippen LogP contribution in [0.4, 0.5) is 10.1 Å². The van der Waals surface area contributed by atoms with Crippen molar-refractivity contribution in [2.24, 2.45) is 0 Å². The lowest BCUT2D eigenvalue weighted by molar-refractivity contribution is -0.131. The van der Waals surface area contributed by atoms with Crippen LogP contribution in [0.3, 0.4) is 0 Å². The minimum atomic E-state index is -0.274. The molecule has 5 heteroatoms. The van der Waals surface area contributed by atoms with E-state index in [1.54, 1.807) is 24.1 Å². The fraction of sp³-hybridized carbons (Fsp3) is 0.278. The van der Waals surface area contributed by atoms with Crippen molar-refractivity contribution in [2.75, 3.05) is 12.8 Å².